The van der Waals surface area contributed by atoms with Crippen molar-refractivity contribution < 1.29 is 14.3 Å². The van der Waals surface area contributed by atoms with Crippen LogP contribution in [-0.2, 0) is 6.54 Å². The molecule has 0 bridgehead atoms. The van der Waals surface area contributed by atoms with Gasteiger partial charge in [0.1, 0.15) is 11.5 Å². The summed E-state index contributed by atoms with van der Waals surface area (Å²) >= 11 is 0. The van der Waals surface area contributed by atoms with Crippen molar-refractivity contribution in [3.8, 4) is 11.5 Å². The van der Waals surface area contributed by atoms with E-state index in [4.69, 9.17) is 9.47 Å². The molecule has 0 fully saturated rings. The van der Waals surface area contributed by atoms with Crippen LogP contribution >= 0.6 is 0 Å². The Kier molecular flexibility index (Phi) is 5.16. The van der Waals surface area contributed by atoms with Crippen LogP contribution in [-0.4, -0.2) is 25.1 Å². The normalized spacial score (nSPS) is 10.7. The summed E-state index contributed by atoms with van der Waals surface area (Å²) in [6.07, 6.45) is 0. The second kappa shape index (κ2) is 7.53. The predicted octanol–water partition coefficient (Wildman–Crippen LogP) is 3.09. The van der Waals surface area contributed by atoms with Crippen molar-refractivity contribution in [3.05, 3.63) is 69.0 Å². The third-order valence-electron chi connectivity index (χ3n) is 4.68. The number of benzene rings is 2. The van der Waals surface area contributed by atoms with Crippen molar-refractivity contribution in [1.29, 1.82) is 0 Å². The molecule has 0 aliphatic carbocycles. The van der Waals surface area contributed by atoms with E-state index in [2.05, 4.69) is 10.3 Å². The lowest BCUT2D eigenvalue weighted by Gasteiger charge is -2.10. The van der Waals surface area contributed by atoms with Crippen LogP contribution in [0, 0.1) is 13.8 Å². The first-order valence-corrected chi connectivity index (χ1v) is 8.56. The standard InChI is InChI=1S/C21H22N2O4/c1-12-5-6-14-7-16(21(25)23-19(14)13(12)2)11-22-20(24)15-8-17(26-3)10-18(9-15)27-4/h5-10H,11H2,1-4H3,(H,22,24)(H,23,25). The van der Waals surface area contributed by atoms with Gasteiger partial charge in [-0.15, -0.1) is 0 Å². The van der Waals surface area contributed by atoms with Crippen molar-refractivity contribution in [2.45, 2.75) is 20.4 Å². The molecule has 0 saturated heterocycles. The Morgan fingerprint density at radius 2 is 1.70 bits per heavy atom. The number of fused-ring (bicyclic) bond motifs is 1. The van der Waals surface area contributed by atoms with Crippen LogP contribution in [0.25, 0.3) is 10.9 Å². The third kappa shape index (κ3) is 3.79. The number of pyridine rings is 1. The summed E-state index contributed by atoms with van der Waals surface area (Å²) < 4.78 is 10.4. The van der Waals surface area contributed by atoms with Crippen molar-refractivity contribution in [2.24, 2.45) is 0 Å². The monoisotopic (exact) mass is 366 g/mol. The van der Waals surface area contributed by atoms with Gasteiger partial charge in [-0.25, -0.2) is 0 Å². The van der Waals surface area contributed by atoms with Gasteiger partial charge in [0.05, 0.1) is 19.7 Å². The number of hydrogen-bond donors (Lipinski definition) is 2. The number of aromatic amines is 1. The first-order chi connectivity index (χ1) is 12.9. The maximum absolute atomic E-state index is 12.5. The Labute approximate surface area is 157 Å². The summed E-state index contributed by atoms with van der Waals surface area (Å²) in [4.78, 5) is 27.8. The summed E-state index contributed by atoms with van der Waals surface area (Å²) in [5.74, 6) is 0.731. The zero-order valence-corrected chi connectivity index (χ0v) is 15.8. The van der Waals surface area contributed by atoms with Gasteiger partial charge in [-0.1, -0.05) is 12.1 Å². The molecule has 0 atom stereocenters. The fourth-order valence-corrected chi connectivity index (χ4v) is 2.92. The fraction of sp³-hybridized carbons (Fsp3) is 0.238. The zero-order chi connectivity index (χ0) is 19.6. The van der Waals surface area contributed by atoms with Gasteiger partial charge in [0.15, 0.2) is 0 Å². The lowest BCUT2D eigenvalue weighted by molar-refractivity contribution is 0.0950. The number of methoxy groups -OCH3 is 2. The first kappa shape index (κ1) is 18.5. The largest absolute Gasteiger partial charge is 0.497 e. The Balaban J connectivity index is 1.84. The van der Waals surface area contributed by atoms with Crippen molar-refractivity contribution >= 4 is 16.8 Å². The SMILES string of the molecule is COc1cc(OC)cc(C(=O)NCc2cc3ccc(C)c(C)c3[nH]c2=O)c1. The van der Waals surface area contributed by atoms with Crippen LogP contribution in [0.3, 0.4) is 0 Å². The number of carbonyl (C=O) groups excluding carboxylic acids is 1. The number of carbonyl (C=O) groups is 1. The van der Waals surface area contributed by atoms with E-state index in [9.17, 15) is 9.59 Å². The molecule has 1 aromatic heterocycles. The topological polar surface area (TPSA) is 80.4 Å². The van der Waals surface area contributed by atoms with E-state index in [1.807, 2.05) is 32.0 Å². The molecule has 0 aliphatic heterocycles. The zero-order valence-electron chi connectivity index (χ0n) is 15.8. The highest BCUT2D eigenvalue weighted by Crippen LogP contribution is 2.22. The van der Waals surface area contributed by atoms with E-state index < -0.39 is 0 Å². The highest BCUT2D eigenvalue weighted by molar-refractivity contribution is 5.95. The first-order valence-electron chi connectivity index (χ1n) is 8.56. The molecule has 0 unspecified atom stereocenters. The number of rotatable bonds is 5. The summed E-state index contributed by atoms with van der Waals surface area (Å²) in [5, 5.41) is 3.71. The maximum Gasteiger partial charge on any atom is 0.253 e. The lowest BCUT2D eigenvalue weighted by atomic mass is 10.0. The lowest BCUT2D eigenvalue weighted by Crippen LogP contribution is -2.26. The molecule has 0 radical (unpaired) electrons. The highest BCUT2D eigenvalue weighted by Gasteiger charge is 2.12. The molecule has 140 valence electrons. The van der Waals surface area contributed by atoms with Gasteiger partial charge in [0, 0.05) is 23.7 Å². The molecule has 6 heteroatoms. The van der Waals surface area contributed by atoms with E-state index in [1.54, 1.807) is 18.2 Å². The molecule has 2 N–H and O–H groups in total. The Hall–Kier alpha value is -3.28. The van der Waals surface area contributed by atoms with E-state index >= 15 is 0 Å². The quantitative estimate of drug-likeness (QED) is 0.727. The average Bonchev–Trinajstić information content (AvgIpc) is 2.69. The maximum atomic E-state index is 12.5. The molecule has 3 rings (SSSR count). The van der Waals surface area contributed by atoms with Crippen LogP contribution in [0.2, 0.25) is 0 Å². The summed E-state index contributed by atoms with van der Waals surface area (Å²) in [7, 11) is 3.05. The third-order valence-corrected chi connectivity index (χ3v) is 4.68. The van der Waals surface area contributed by atoms with Crippen LogP contribution in [0.15, 0.2) is 41.2 Å². The van der Waals surface area contributed by atoms with Crippen molar-refractivity contribution in [3.63, 3.8) is 0 Å². The number of aryl methyl sites for hydroxylation is 2. The van der Waals surface area contributed by atoms with Gasteiger partial charge in [0.2, 0.25) is 0 Å². The number of hydrogen-bond acceptors (Lipinski definition) is 4. The van der Waals surface area contributed by atoms with Crippen molar-refractivity contribution in [1.82, 2.24) is 10.3 Å². The fourth-order valence-electron chi connectivity index (χ4n) is 2.92. The Morgan fingerprint density at radius 3 is 2.33 bits per heavy atom. The Morgan fingerprint density at radius 1 is 1.04 bits per heavy atom. The number of ether oxygens (including phenoxy) is 2. The summed E-state index contributed by atoms with van der Waals surface area (Å²) in [6.45, 7) is 4.10. The summed E-state index contributed by atoms with van der Waals surface area (Å²) in [6, 6.07) is 10.7. The molecule has 27 heavy (non-hydrogen) atoms. The second-order valence-corrected chi connectivity index (χ2v) is 6.38. The van der Waals surface area contributed by atoms with Gasteiger partial charge in [-0.05, 0) is 48.6 Å². The minimum atomic E-state index is -0.313. The van der Waals surface area contributed by atoms with E-state index in [0.29, 0.717) is 22.6 Å². The molecule has 1 amide bonds. The Bertz CT molecular complexity index is 1050. The van der Waals surface area contributed by atoms with Gasteiger partial charge < -0.3 is 19.8 Å². The molecule has 1 heterocycles. The summed E-state index contributed by atoms with van der Waals surface area (Å²) in [5.41, 5.74) is 3.67. The smallest absolute Gasteiger partial charge is 0.253 e. The number of nitrogens with one attached hydrogen (secondary N) is 2. The minimum Gasteiger partial charge on any atom is -0.497 e. The van der Waals surface area contributed by atoms with Crippen molar-refractivity contribution in [2.75, 3.05) is 14.2 Å². The number of aromatic nitrogens is 1. The van der Waals surface area contributed by atoms with Gasteiger partial charge in [-0.2, -0.15) is 0 Å². The van der Waals surface area contributed by atoms with E-state index in [0.717, 1.165) is 22.0 Å². The molecule has 2 aromatic carbocycles. The van der Waals surface area contributed by atoms with Gasteiger partial charge in [-0.3, -0.25) is 9.59 Å². The van der Waals surface area contributed by atoms with Gasteiger partial charge in [0.25, 0.3) is 11.5 Å². The van der Waals surface area contributed by atoms with Gasteiger partial charge >= 0.3 is 0 Å². The highest BCUT2D eigenvalue weighted by atomic mass is 16.5. The molecule has 0 spiro atoms. The van der Waals surface area contributed by atoms with E-state index in [-0.39, 0.29) is 18.0 Å². The molecule has 3 aromatic rings. The van der Waals surface area contributed by atoms with Crippen LogP contribution in [0.1, 0.15) is 27.0 Å². The van der Waals surface area contributed by atoms with Crippen LogP contribution in [0.5, 0.6) is 11.5 Å². The van der Waals surface area contributed by atoms with E-state index in [1.165, 1.54) is 14.2 Å². The minimum absolute atomic E-state index is 0.122. The van der Waals surface area contributed by atoms with Crippen LogP contribution in [0.4, 0.5) is 0 Å². The molecular formula is C21H22N2O4. The average molecular weight is 366 g/mol. The number of amides is 1. The number of H-pyrrole nitrogens is 1. The molecule has 0 saturated carbocycles. The second-order valence-electron chi connectivity index (χ2n) is 6.38. The molecule has 0 aliphatic rings. The molecule has 6 nitrogen and oxygen atoms in total. The van der Waals surface area contributed by atoms with Crippen LogP contribution < -0.4 is 20.3 Å². The predicted molar refractivity (Wildman–Crippen MR) is 105 cm³/mol. The molecular weight excluding hydrogens is 344 g/mol.